The number of anilines is 1. The fraction of sp³-hybridized carbons (Fsp3) is 0.429. The van der Waals surface area contributed by atoms with Gasteiger partial charge in [-0.05, 0) is 39.0 Å². The highest BCUT2D eigenvalue weighted by Gasteiger charge is 2.27. The standard InChI is InChI=1S/C14H19Cl2N3O3/c1-14(2,3)22-13(21)19(7-6-17)12(20)18-11-8-9(15)4-5-10(11)16/h4-5,8H,6-7,17H2,1-3H3,(H,18,20). The molecule has 0 aliphatic heterocycles. The van der Waals surface area contributed by atoms with E-state index in [0.717, 1.165) is 4.90 Å². The molecule has 0 fully saturated rings. The molecule has 0 aromatic heterocycles. The Hall–Kier alpha value is -1.50. The van der Waals surface area contributed by atoms with Crippen LogP contribution >= 0.6 is 23.2 Å². The number of nitrogens with zero attached hydrogens (tertiary/aromatic N) is 1. The number of imide groups is 1. The summed E-state index contributed by atoms with van der Waals surface area (Å²) in [7, 11) is 0. The molecule has 6 nitrogen and oxygen atoms in total. The van der Waals surface area contributed by atoms with Gasteiger partial charge in [-0.1, -0.05) is 23.2 Å². The van der Waals surface area contributed by atoms with Gasteiger partial charge >= 0.3 is 12.1 Å². The Bertz CT molecular complexity index is 559. The lowest BCUT2D eigenvalue weighted by molar-refractivity contribution is 0.0337. The van der Waals surface area contributed by atoms with E-state index in [1.54, 1.807) is 32.9 Å². The zero-order valence-electron chi connectivity index (χ0n) is 12.7. The Balaban J connectivity index is 2.89. The molecule has 1 aromatic carbocycles. The second kappa shape index (κ2) is 7.67. The molecule has 8 heteroatoms. The molecule has 1 rings (SSSR count). The first kappa shape index (κ1) is 18.5. The van der Waals surface area contributed by atoms with Crippen LogP contribution in [0.4, 0.5) is 15.3 Å². The normalized spacial score (nSPS) is 11.0. The molecule has 0 aliphatic rings. The lowest BCUT2D eigenvalue weighted by atomic mass is 10.2. The zero-order valence-corrected chi connectivity index (χ0v) is 14.2. The number of nitrogens with one attached hydrogen (secondary N) is 1. The van der Waals surface area contributed by atoms with Crippen molar-refractivity contribution in [3.63, 3.8) is 0 Å². The molecule has 0 unspecified atom stereocenters. The van der Waals surface area contributed by atoms with E-state index in [0.29, 0.717) is 15.7 Å². The number of urea groups is 1. The molecule has 0 spiro atoms. The van der Waals surface area contributed by atoms with E-state index in [1.807, 2.05) is 0 Å². The Kier molecular flexibility index (Phi) is 6.47. The van der Waals surface area contributed by atoms with Crippen molar-refractivity contribution in [3.8, 4) is 0 Å². The van der Waals surface area contributed by atoms with Gasteiger partial charge in [-0.15, -0.1) is 0 Å². The smallest absolute Gasteiger partial charge is 0.418 e. The molecule has 0 heterocycles. The number of nitrogens with two attached hydrogens (primary N) is 1. The summed E-state index contributed by atoms with van der Waals surface area (Å²) in [6, 6.07) is 3.92. The number of benzene rings is 1. The summed E-state index contributed by atoms with van der Waals surface area (Å²) >= 11 is 11.8. The van der Waals surface area contributed by atoms with Gasteiger partial charge in [-0.3, -0.25) is 0 Å². The Morgan fingerprint density at radius 1 is 1.32 bits per heavy atom. The lowest BCUT2D eigenvalue weighted by Gasteiger charge is -2.26. The second-order valence-corrected chi connectivity index (χ2v) is 6.32. The van der Waals surface area contributed by atoms with Gasteiger partial charge in [-0.2, -0.15) is 0 Å². The summed E-state index contributed by atoms with van der Waals surface area (Å²) in [6.45, 7) is 5.24. The number of hydrogen-bond donors (Lipinski definition) is 2. The van der Waals surface area contributed by atoms with Crippen LogP contribution in [0.1, 0.15) is 20.8 Å². The van der Waals surface area contributed by atoms with Gasteiger partial charge in [0.15, 0.2) is 0 Å². The number of amides is 3. The number of ether oxygens (including phenoxy) is 1. The number of hydrogen-bond acceptors (Lipinski definition) is 4. The molecule has 1 aromatic rings. The third-order valence-electron chi connectivity index (χ3n) is 2.38. The van der Waals surface area contributed by atoms with Gasteiger partial charge in [-0.25, -0.2) is 14.5 Å². The van der Waals surface area contributed by atoms with Crippen molar-refractivity contribution in [2.45, 2.75) is 26.4 Å². The average Bonchev–Trinajstić information content (AvgIpc) is 2.38. The molecular formula is C14H19Cl2N3O3. The van der Waals surface area contributed by atoms with Crippen molar-refractivity contribution in [1.29, 1.82) is 0 Å². The predicted octanol–water partition coefficient (Wildman–Crippen LogP) is 3.72. The third kappa shape index (κ3) is 5.71. The maximum absolute atomic E-state index is 12.3. The molecule has 0 saturated heterocycles. The van der Waals surface area contributed by atoms with Crippen molar-refractivity contribution >= 4 is 41.0 Å². The molecule has 22 heavy (non-hydrogen) atoms. The zero-order chi connectivity index (χ0) is 16.9. The van der Waals surface area contributed by atoms with E-state index in [9.17, 15) is 9.59 Å². The van der Waals surface area contributed by atoms with E-state index >= 15 is 0 Å². The van der Waals surface area contributed by atoms with E-state index < -0.39 is 17.7 Å². The van der Waals surface area contributed by atoms with Crippen molar-refractivity contribution in [2.75, 3.05) is 18.4 Å². The first-order valence-electron chi connectivity index (χ1n) is 6.60. The molecule has 0 radical (unpaired) electrons. The van der Waals surface area contributed by atoms with E-state index in [1.165, 1.54) is 6.07 Å². The van der Waals surface area contributed by atoms with Crippen LogP contribution in [-0.4, -0.2) is 35.7 Å². The second-order valence-electron chi connectivity index (χ2n) is 5.47. The van der Waals surface area contributed by atoms with Crippen molar-refractivity contribution < 1.29 is 14.3 Å². The van der Waals surface area contributed by atoms with Crippen LogP contribution in [0, 0.1) is 0 Å². The van der Waals surface area contributed by atoms with Crippen LogP contribution in [0.2, 0.25) is 10.0 Å². The lowest BCUT2D eigenvalue weighted by Crippen LogP contribution is -2.45. The van der Waals surface area contributed by atoms with Crippen LogP contribution in [0.15, 0.2) is 18.2 Å². The number of halogens is 2. The minimum atomic E-state index is -0.784. The Morgan fingerprint density at radius 3 is 2.50 bits per heavy atom. The van der Waals surface area contributed by atoms with Crippen LogP contribution in [0.25, 0.3) is 0 Å². The highest BCUT2D eigenvalue weighted by molar-refractivity contribution is 6.35. The first-order chi connectivity index (χ1) is 10.1. The van der Waals surface area contributed by atoms with Crippen LogP contribution < -0.4 is 11.1 Å². The van der Waals surface area contributed by atoms with Gasteiger partial charge < -0.3 is 15.8 Å². The molecule has 122 valence electrons. The van der Waals surface area contributed by atoms with Crippen molar-refractivity contribution in [2.24, 2.45) is 5.73 Å². The quantitative estimate of drug-likeness (QED) is 0.872. The van der Waals surface area contributed by atoms with Crippen LogP contribution in [-0.2, 0) is 4.74 Å². The maximum atomic E-state index is 12.3. The maximum Gasteiger partial charge on any atom is 0.418 e. The number of carbonyl (C=O) groups is 2. The first-order valence-corrected chi connectivity index (χ1v) is 7.36. The highest BCUT2D eigenvalue weighted by Crippen LogP contribution is 2.25. The number of carbonyl (C=O) groups excluding carboxylic acids is 2. The van der Waals surface area contributed by atoms with Crippen molar-refractivity contribution in [3.05, 3.63) is 28.2 Å². The van der Waals surface area contributed by atoms with Gasteiger partial charge in [0.25, 0.3) is 0 Å². The highest BCUT2D eigenvalue weighted by atomic mass is 35.5. The molecule has 0 atom stereocenters. The SMILES string of the molecule is CC(C)(C)OC(=O)N(CCN)C(=O)Nc1cc(Cl)ccc1Cl. The molecule has 3 amide bonds. The third-order valence-corrected chi connectivity index (χ3v) is 2.95. The largest absolute Gasteiger partial charge is 0.443 e. The molecule has 3 N–H and O–H groups in total. The topological polar surface area (TPSA) is 84.7 Å². The minimum Gasteiger partial charge on any atom is -0.443 e. The fourth-order valence-electron chi connectivity index (χ4n) is 1.50. The Morgan fingerprint density at radius 2 is 1.95 bits per heavy atom. The molecular weight excluding hydrogens is 329 g/mol. The monoisotopic (exact) mass is 347 g/mol. The van der Waals surface area contributed by atoms with Gasteiger partial charge in [0.05, 0.1) is 10.7 Å². The van der Waals surface area contributed by atoms with E-state index in [2.05, 4.69) is 5.32 Å². The summed E-state index contributed by atoms with van der Waals surface area (Å²) in [5.74, 6) is 0. The minimum absolute atomic E-state index is 0.0128. The van der Waals surface area contributed by atoms with Gasteiger partial charge in [0.1, 0.15) is 5.60 Å². The summed E-state index contributed by atoms with van der Waals surface area (Å²) < 4.78 is 5.18. The molecule has 0 bridgehead atoms. The summed E-state index contributed by atoms with van der Waals surface area (Å²) in [5, 5.41) is 3.22. The van der Waals surface area contributed by atoms with Crippen molar-refractivity contribution in [1.82, 2.24) is 4.90 Å². The fourth-order valence-corrected chi connectivity index (χ4v) is 1.83. The van der Waals surface area contributed by atoms with Crippen LogP contribution in [0.3, 0.4) is 0 Å². The summed E-state index contributed by atoms with van der Waals surface area (Å²) in [5.41, 5.74) is 5.01. The predicted molar refractivity (Wildman–Crippen MR) is 87.5 cm³/mol. The van der Waals surface area contributed by atoms with E-state index in [-0.39, 0.29) is 13.1 Å². The van der Waals surface area contributed by atoms with Gasteiger partial charge in [0, 0.05) is 18.1 Å². The average molecular weight is 348 g/mol. The number of rotatable bonds is 3. The molecule has 0 saturated carbocycles. The van der Waals surface area contributed by atoms with E-state index in [4.69, 9.17) is 33.7 Å². The summed E-state index contributed by atoms with van der Waals surface area (Å²) in [4.78, 5) is 25.2. The van der Waals surface area contributed by atoms with Crippen LogP contribution in [0.5, 0.6) is 0 Å². The Labute approximate surface area is 139 Å². The molecule has 0 aliphatic carbocycles. The van der Waals surface area contributed by atoms with Gasteiger partial charge in [0.2, 0.25) is 0 Å². The summed E-state index contributed by atoms with van der Waals surface area (Å²) in [6.07, 6.45) is -0.784.